The van der Waals surface area contributed by atoms with E-state index in [1.54, 1.807) is 28.8 Å². The summed E-state index contributed by atoms with van der Waals surface area (Å²) in [6.45, 7) is 0.157. The first-order chi connectivity index (χ1) is 10.5. The topological polar surface area (TPSA) is 85.2 Å². The molecule has 0 aliphatic heterocycles. The normalized spacial score (nSPS) is 10.6. The maximum Gasteiger partial charge on any atom is 0.123 e. The van der Waals surface area contributed by atoms with Crippen LogP contribution >= 0.6 is 0 Å². The van der Waals surface area contributed by atoms with Crippen molar-refractivity contribution in [3.05, 3.63) is 47.9 Å². The van der Waals surface area contributed by atoms with Gasteiger partial charge in [-0.25, -0.2) is 4.39 Å². The number of aliphatic carboxylic acids is 2. The number of rotatable bonds is 7. The molecule has 0 aliphatic rings. The van der Waals surface area contributed by atoms with E-state index in [2.05, 4.69) is 0 Å². The van der Waals surface area contributed by atoms with Gasteiger partial charge < -0.3 is 24.4 Å². The van der Waals surface area contributed by atoms with Crippen molar-refractivity contribution < 1.29 is 24.2 Å². The molecular formula is C16H14FNO4-2. The van der Waals surface area contributed by atoms with E-state index >= 15 is 0 Å². The fourth-order valence-corrected chi connectivity index (χ4v) is 2.30. The lowest BCUT2D eigenvalue weighted by Crippen LogP contribution is -2.25. The number of carboxylic acids is 2. The molecule has 0 saturated carbocycles. The zero-order valence-electron chi connectivity index (χ0n) is 11.8. The average Bonchev–Trinajstić information content (AvgIpc) is 2.86. The van der Waals surface area contributed by atoms with Crippen LogP contribution < -0.4 is 10.2 Å². The Balaban J connectivity index is 2.33. The number of benzene rings is 1. The number of hydrogen-bond acceptors (Lipinski definition) is 4. The predicted molar refractivity (Wildman–Crippen MR) is 72.8 cm³/mol. The molecule has 22 heavy (non-hydrogen) atoms. The summed E-state index contributed by atoms with van der Waals surface area (Å²) >= 11 is 0. The van der Waals surface area contributed by atoms with Gasteiger partial charge in [0.25, 0.3) is 0 Å². The Morgan fingerprint density at radius 2 is 1.59 bits per heavy atom. The lowest BCUT2D eigenvalue weighted by atomic mass is 10.1. The van der Waals surface area contributed by atoms with Crippen LogP contribution in [0.3, 0.4) is 0 Å². The minimum absolute atomic E-state index is 0.155. The molecule has 0 radical (unpaired) electrons. The largest absolute Gasteiger partial charge is 0.550 e. The third-order valence-electron chi connectivity index (χ3n) is 3.34. The SMILES string of the molecule is O=C([O-])CCc1ccc(-c2ccc(F)cc2)n1CCC(=O)[O-]. The van der Waals surface area contributed by atoms with Crippen molar-refractivity contribution in [2.75, 3.05) is 0 Å². The molecule has 1 aromatic heterocycles. The van der Waals surface area contributed by atoms with Crippen molar-refractivity contribution in [3.8, 4) is 11.3 Å². The third-order valence-corrected chi connectivity index (χ3v) is 3.34. The molecule has 0 unspecified atom stereocenters. The molecule has 1 heterocycles. The molecule has 0 bridgehead atoms. The van der Waals surface area contributed by atoms with Crippen LogP contribution in [-0.4, -0.2) is 16.5 Å². The second-order valence-electron chi connectivity index (χ2n) is 4.86. The van der Waals surface area contributed by atoms with Gasteiger partial charge in [-0.05, 0) is 54.8 Å². The standard InChI is InChI=1S/C16H16FNO4/c17-12-3-1-11(2-4-12)14-7-5-13(6-8-15(19)20)18(14)10-9-16(21)22/h1-5,7H,6,8-10H2,(H,19,20)(H,21,22)/p-2. The van der Waals surface area contributed by atoms with E-state index in [4.69, 9.17) is 0 Å². The van der Waals surface area contributed by atoms with E-state index in [-0.39, 0.29) is 31.6 Å². The van der Waals surface area contributed by atoms with E-state index < -0.39 is 11.9 Å². The molecular weight excluding hydrogens is 289 g/mol. The van der Waals surface area contributed by atoms with Gasteiger partial charge >= 0.3 is 0 Å². The molecule has 116 valence electrons. The molecule has 5 nitrogen and oxygen atoms in total. The van der Waals surface area contributed by atoms with Crippen molar-refractivity contribution in [2.45, 2.75) is 25.8 Å². The minimum Gasteiger partial charge on any atom is -0.550 e. The fraction of sp³-hybridized carbons (Fsp3) is 0.250. The van der Waals surface area contributed by atoms with Crippen molar-refractivity contribution in [3.63, 3.8) is 0 Å². The second kappa shape index (κ2) is 6.89. The first kappa shape index (κ1) is 15.8. The van der Waals surface area contributed by atoms with E-state index in [0.717, 1.165) is 5.56 Å². The van der Waals surface area contributed by atoms with Gasteiger partial charge in [-0.2, -0.15) is 0 Å². The monoisotopic (exact) mass is 303 g/mol. The Morgan fingerprint density at radius 3 is 2.18 bits per heavy atom. The predicted octanol–water partition coefficient (Wildman–Crippen LogP) is 0.117. The minimum atomic E-state index is -1.19. The van der Waals surface area contributed by atoms with Gasteiger partial charge in [0, 0.05) is 36.3 Å². The molecule has 0 spiro atoms. The van der Waals surface area contributed by atoms with Crippen LogP contribution in [0.15, 0.2) is 36.4 Å². The Labute approximate surface area is 126 Å². The molecule has 0 amide bonds. The smallest absolute Gasteiger partial charge is 0.123 e. The fourth-order valence-electron chi connectivity index (χ4n) is 2.30. The zero-order valence-corrected chi connectivity index (χ0v) is 11.8. The van der Waals surface area contributed by atoms with E-state index in [9.17, 15) is 24.2 Å². The molecule has 0 N–H and O–H groups in total. The Hall–Kier alpha value is -2.63. The van der Waals surface area contributed by atoms with Gasteiger partial charge in [0.2, 0.25) is 0 Å². The number of carbonyl (C=O) groups excluding carboxylic acids is 2. The summed E-state index contributed by atoms with van der Waals surface area (Å²) in [6.07, 6.45) is -0.115. The summed E-state index contributed by atoms with van der Waals surface area (Å²) in [5.41, 5.74) is 2.11. The number of aromatic nitrogens is 1. The third kappa shape index (κ3) is 3.94. The van der Waals surface area contributed by atoms with Crippen molar-refractivity contribution in [1.82, 2.24) is 4.57 Å². The highest BCUT2D eigenvalue weighted by atomic mass is 19.1. The highest BCUT2D eigenvalue weighted by Gasteiger charge is 2.10. The van der Waals surface area contributed by atoms with Crippen molar-refractivity contribution in [1.29, 1.82) is 0 Å². The lowest BCUT2D eigenvalue weighted by Gasteiger charge is -2.14. The maximum absolute atomic E-state index is 13.0. The highest BCUT2D eigenvalue weighted by Crippen LogP contribution is 2.24. The van der Waals surface area contributed by atoms with Gasteiger partial charge in [-0.3, -0.25) is 0 Å². The Bertz CT molecular complexity index is 676. The summed E-state index contributed by atoms with van der Waals surface area (Å²) in [7, 11) is 0. The van der Waals surface area contributed by atoms with Crippen LogP contribution in [0, 0.1) is 5.82 Å². The molecule has 0 fully saturated rings. The molecule has 2 aromatic rings. The van der Waals surface area contributed by atoms with E-state index in [1.165, 1.54) is 12.1 Å². The maximum atomic E-state index is 13.0. The average molecular weight is 303 g/mol. The van der Waals surface area contributed by atoms with Crippen LogP contribution in [-0.2, 0) is 22.6 Å². The lowest BCUT2D eigenvalue weighted by molar-refractivity contribution is -0.307. The van der Waals surface area contributed by atoms with Crippen LogP contribution in [0.25, 0.3) is 11.3 Å². The van der Waals surface area contributed by atoms with Crippen LogP contribution in [0.4, 0.5) is 4.39 Å². The first-order valence-corrected chi connectivity index (χ1v) is 6.81. The summed E-state index contributed by atoms with van der Waals surface area (Å²) in [5, 5.41) is 21.3. The van der Waals surface area contributed by atoms with Gasteiger partial charge in [-0.15, -0.1) is 0 Å². The van der Waals surface area contributed by atoms with Crippen molar-refractivity contribution >= 4 is 11.9 Å². The quantitative estimate of drug-likeness (QED) is 0.727. The Kier molecular flexibility index (Phi) is 4.93. The molecule has 0 atom stereocenters. The number of aryl methyl sites for hydroxylation is 1. The van der Waals surface area contributed by atoms with E-state index in [1.807, 2.05) is 0 Å². The van der Waals surface area contributed by atoms with Gasteiger partial charge in [0.15, 0.2) is 0 Å². The molecule has 1 aromatic carbocycles. The summed E-state index contributed by atoms with van der Waals surface area (Å²) in [6, 6.07) is 9.29. The second-order valence-corrected chi connectivity index (χ2v) is 4.86. The van der Waals surface area contributed by atoms with Gasteiger partial charge in [0.05, 0.1) is 0 Å². The Morgan fingerprint density at radius 1 is 0.955 bits per heavy atom. The molecule has 0 aliphatic carbocycles. The number of hydrogen-bond donors (Lipinski definition) is 0. The number of halogens is 1. The first-order valence-electron chi connectivity index (χ1n) is 6.81. The zero-order chi connectivity index (χ0) is 16.1. The summed E-state index contributed by atoms with van der Waals surface area (Å²) in [5.74, 6) is -2.73. The molecule has 0 saturated heterocycles. The summed E-state index contributed by atoms with van der Waals surface area (Å²) in [4.78, 5) is 21.3. The van der Waals surface area contributed by atoms with Crippen LogP contribution in [0.5, 0.6) is 0 Å². The number of carbonyl (C=O) groups is 2. The van der Waals surface area contributed by atoms with Gasteiger partial charge in [-0.1, -0.05) is 0 Å². The van der Waals surface area contributed by atoms with Gasteiger partial charge in [0.1, 0.15) is 5.82 Å². The number of nitrogens with zero attached hydrogens (tertiary/aromatic N) is 1. The van der Waals surface area contributed by atoms with Crippen LogP contribution in [0.1, 0.15) is 18.5 Å². The van der Waals surface area contributed by atoms with Crippen LogP contribution in [0.2, 0.25) is 0 Å². The highest BCUT2D eigenvalue weighted by molar-refractivity contribution is 5.66. The molecule has 2 rings (SSSR count). The molecule has 6 heteroatoms. The van der Waals surface area contributed by atoms with E-state index in [0.29, 0.717) is 11.4 Å². The summed E-state index contributed by atoms with van der Waals surface area (Å²) < 4.78 is 14.7. The van der Waals surface area contributed by atoms with Crippen molar-refractivity contribution in [2.24, 2.45) is 0 Å². The number of carboxylic acid groups (broad SMARTS) is 2.